The van der Waals surface area contributed by atoms with Gasteiger partial charge in [0.2, 0.25) is 0 Å². The maximum absolute atomic E-state index is 6.42. The molecule has 0 saturated carbocycles. The molecule has 0 aromatic heterocycles. The molecule has 0 radical (unpaired) electrons. The predicted octanol–water partition coefficient (Wildman–Crippen LogP) is 3.32. The molecule has 1 spiro atoms. The van der Waals surface area contributed by atoms with Crippen LogP contribution in [0.15, 0.2) is 48.5 Å². The Morgan fingerprint density at radius 3 is 2.65 bits per heavy atom. The van der Waals surface area contributed by atoms with Gasteiger partial charge in [0, 0.05) is 17.4 Å². The highest BCUT2D eigenvalue weighted by Crippen LogP contribution is 2.50. The first-order valence-corrected chi connectivity index (χ1v) is 8.42. The molecule has 2 aromatic rings. The van der Waals surface area contributed by atoms with Crippen molar-refractivity contribution in [2.45, 2.75) is 30.8 Å². The number of fused-ring (bicyclic) bond motifs is 2. The minimum absolute atomic E-state index is 0.102. The lowest BCUT2D eigenvalue weighted by molar-refractivity contribution is 0.118. The fourth-order valence-corrected chi connectivity index (χ4v) is 4.10. The van der Waals surface area contributed by atoms with E-state index < -0.39 is 0 Å². The first-order chi connectivity index (χ1) is 11.3. The number of benzene rings is 2. The summed E-state index contributed by atoms with van der Waals surface area (Å²) in [4.78, 5) is 0. The zero-order chi connectivity index (χ0) is 15.7. The highest BCUT2D eigenvalue weighted by Gasteiger charge is 2.49. The van der Waals surface area contributed by atoms with Crippen LogP contribution in [0, 0.1) is 0 Å². The Bertz CT molecular complexity index is 677. The molecule has 0 bridgehead atoms. The molecule has 1 atom stereocenters. The first kappa shape index (κ1) is 14.6. The molecule has 1 N–H and O–H groups in total. The fourth-order valence-electron chi connectivity index (χ4n) is 4.10. The quantitative estimate of drug-likeness (QED) is 0.943. The lowest BCUT2D eigenvalue weighted by atomic mass is 9.69. The van der Waals surface area contributed by atoms with E-state index in [1.807, 2.05) is 6.07 Å². The van der Waals surface area contributed by atoms with Crippen molar-refractivity contribution in [1.82, 2.24) is 5.32 Å². The van der Waals surface area contributed by atoms with E-state index in [2.05, 4.69) is 47.8 Å². The van der Waals surface area contributed by atoms with Gasteiger partial charge in [-0.2, -0.15) is 0 Å². The van der Waals surface area contributed by atoms with Gasteiger partial charge >= 0.3 is 0 Å². The average molecular weight is 309 g/mol. The minimum Gasteiger partial charge on any atom is -0.497 e. The van der Waals surface area contributed by atoms with Gasteiger partial charge in [-0.15, -0.1) is 0 Å². The normalized spacial score (nSPS) is 21.7. The van der Waals surface area contributed by atoms with Gasteiger partial charge in [-0.05, 0) is 49.7 Å². The summed E-state index contributed by atoms with van der Waals surface area (Å²) in [6.07, 6.45) is 3.39. The van der Waals surface area contributed by atoms with Crippen molar-refractivity contribution in [2.75, 3.05) is 20.2 Å². The Balaban J connectivity index is 1.72. The smallest absolute Gasteiger partial charge is 0.123 e. The Hall–Kier alpha value is -2.00. The van der Waals surface area contributed by atoms with Gasteiger partial charge in [0.05, 0.1) is 7.11 Å². The maximum Gasteiger partial charge on any atom is 0.123 e. The van der Waals surface area contributed by atoms with Crippen LogP contribution in [-0.4, -0.2) is 26.3 Å². The number of rotatable bonds is 3. The second kappa shape index (κ2) is 5.89. The number of hydrogen-bond acceptors (Lipinski definition) is 3. The highest BCUT2D eigenvalue weighted by atomic mass is 16.5. The lowest BCUT2D eigenvalue weighted by Crippen LogP contribution is -2.47. The number of hydrogen-bond donors (Lipinski definition) is 1. The van der Waals surface area contributed by atoms with E-state index >= 15 is 0 Å². The molecule has 3 nitrogen and oxygen atoms in total. The van der Waals surface area contributed by atoms with Crippen LogP contribution in [0.1, 0.15) is 24.0 Å². The van der Waals surface area contributed by atoms with Crippen molar-refractivity contribution in [3.05, 3.63) is 59.7 Å². The monoisotopic (exact) mass is 309 g/mol. The van der Waals surface area contributed by atoms with Crippen LogP contribution >= 0.6 is 0 Å². The highest BCUT2D eigenvalue weighted by molar-refractivity contribution is 5.50. The maximum atomic E-state index is 6.42. The molecule has 1 fully saturated rings. The van der Waals surface area contributed by atoms with Crippen molar-refractivity contribution in [3.8, 4) is 11.5 Å². The van der Waals surface area contributed by atoms with Crippen LogP contribution < -0.4 is 14.8 Å². The molecular weight excluding hydrogens is 286 g/mol. The molecule has 1 unspecified atom stereocenters. The zero-order valence-corrected chi connectivity index (χ0v) is 13.5. The van der Waals surface area contributed by atoms with Gasteiger partial charge in [0.1, 0.15) is 17.6 Å². The SMILES string of the molecule is COc1ccc2c(c1)C1(CCNCC1)C(Cc1ccccc1)O2. The number of nitrogens with one attached hydrogen (secondary N) is 1. The van der Waals surface area contributed by atoms with Crippen molar-refractivity contribution in [2.24, 2.45) is 0 Å². The minimum atomic E-state index is 0.102. The van der Waals surface area contributed by atoms with Crippen LogP contribution in [0.5, 0.6) is 11.5 Å². The van der Waals surface area contributed by atoms with Gasteiger partial charge in [-0.1, -0.05) is 30.3 Å². The van der Waals surface area contributed by atoms with Crippen LogP contribution in [-0.2, 0) is 11.8 Å². The van der Waals surface area contributed by atoms with E-state index in [9.17, 15) is 0 Å². The predicted molar refractivity (Wildman–Crippen MR) is 91.3 cm³/mol. The van der Waals surface area contributed by atoms with Crippen molar-refractivity contribution >= 4 is 0 Å². The Morgan fingerprint density at radius 2 is 1.91 bits per heavy atom. The van der Waals surface area contributed by atoms with E-state index in [1.54, 1.807) is 7.11 Å². The summed E-state index contributed by atoms with van der Waals surface area (Å²) in [6.45, 7) is 2.09. The second-order valence-corrected chi connectivity index (χ2v) is 6.56. The molecule has 2 aromatic carbocycles. The molecule has 120 valence electrons. The molecule has 2 heterocycles. The summed E-state index contributed by atoms with van der Waals surface area (Å²) in [6, 6.07) is 16.9. The summed E-state index contributed by atoms with van der Waals surface area (Å²) in [5.74, 6) is 1.96. The zero-order valence-electron chi connectivity index (χ0n) is 13.5. The standard InChI is InChI=1S/C20H23NO2/c1-22-16-7-8-18-17(14-16)20(9-11-21-12-10-20)19(23-18)13-15-5-3-2-4-6-15/h2-8,14,19,21H,9-13H2,1H3. The van der Waals surface area contributed by atoms with Gasteiger partial charge in [-0.3, -0.25) is 0 Å². The summed E-state index contributed by atoms with van der Waals surface area (Å²) < 4.78 is 11.9. The Morgan fingerprint density at radius 1 is 1.13 bits per heavy atom. The Kier molecular flexibility index (Phi) is 3.74. The largest absolute Gasteiger partial charge is 0.497 e. The number of piperidine rings is 1. The van der Waals surface area contributed by atoms with Crippen molar-refractivity contribution in [3.63, 3.8) is 0 Å². The summed E-state index contributed by atoms with van der Waals surface area (Å²) in [5.41, 5.74) is 2.78. The molecule has 2 aliphatic rings. The van der Waals surface area contributed by atoms with Crippen molar-refractivity contribution < 1.29 is 9.47 Å². The van der Waals surface area contributed by atoms with E-state index in [-0.39, 0.29) is 11.5 Å². The first-order valence-electron chi connectivity index (χ1n) is 8.42. The lowest BCUT2D eigenvalue weighted by Gasteiger charge is -2.38. The van der Waals surface area contributed by atoms with Gasteiger partial charge in [0.25, 0.3) is 0 Å². The topological polar surface area (TPSA) is 30.5 Å². The van der Waals surface area contributed by atoms with Gasteiger partial charge in [-0.25, -0.2) is 0 Å². The molecule has 23 heavy (non-hydrogen) atoms. The Labute approximate surface area is 137 Å². The van der Waals surface area contributed by atoms with E-state index in [4.69, 9.17) is 9.47 Å². The third-order valence-corrected chi connectivity index (χ3v) is 5.37. The number of ether oxygens (including phenoxy) is 2. The molecule has 0 aliphatic carbocycles. The van der Waals surface area contributed by atoms with Crippen LogP contribution in [0.25, 0.3) is 0 Å². The van der Waals surface area contributed by atoms with Crippen molar-refractivity contribution in [1.29, 1.82) is 0 Å². The van der Waals surface area contributed by atoms with E-state index in [0.29, 0.717) is 0 Å². The van der Waals surface area contributed by atoms with Crippen LogP contribution in [0.2, 0.25) is 0 Å². The summed E-state index contributed by atoms with van der Waals surface area (Å²) >= 11 is 0. The molecule has 1 saturated heterocycles. The molecule has 2 aliphatic heterocycles. The summed E-state index contributed by atoms with van der Waals surface area (Å²) in [7, 11) is 1.73. The fraction of sp³-hybridized carbons (Fsp3) is 0.400. The third kappa shape index (κ3) is 2.49. The second-order valence-electron chi connectivity index (χ2n) is 6.56. The number of methoxy groups -OCH3 is 1. The average Bonchev–Trinajstić information content (AvgIpc) is 2.89. The van der Waals surface area contributed by atoms with Crippen LogP contribution in [0.4, 0.5) is 0 Å². The molecule has 3 heteroatoms. The van der Waals surface area contributed by atoms with E-state index in [0.717, 1.165) is 43.9 Å². The van der Waals surface area contributed by atoms with Gasteiger partial charge in [0.15, 0.2) is 0 Å². The third-order valence-electron chi connectivity index (χ3n) is 5.37. The summed E-state index contributed by atoms with van der Waals surface area (Å²) in [5, 5.41) is 3.49. The molecule has 4 rings (SSSR count). The van der Waals surface area contributed by atoms with Gasteiger partial charge < -0.3 is 14.8 Å². The molecule has 0 amide bonds. The van der Waals surface area contributed by atoms with Crippen LogP contribution in [0.3, 0.4) is 0 Å². The molecular formula is C20H23NO2. The van der Waals surface area contributed by atoms with E-state index in [1.165, 1.54) is 11.1 Å².